The molecule has 3 rings (SSSR count). The Labute approximate surface area is 185 Å². The Bertz CT molecular complexity index is 1140. The van der Waals surface area contributed by atoms with Crippen molar-refractivity contribution >= 4 is 38.6 Å². The van der Waals surface area contributed by atoms with E-state index < -0.39 is 51.2 Å². The van der Waals surface area contributed by atoms with Crippen LogP contribution in [0, 0.1) is 4.78 Å². The molecule has 2 aromatic rings. The molecule has 2 N–H and O–H groups in total. The number of pyridine rings is 1. The Morgan fingerprint density at radius 2 is 1.88 bits per heavy atom. The molecule has 2 heterocycles. The third kappa shape index (κ3) is 5.47. The number of nitrogens with one attached hydrogen (secondary N) is 2. The monoisotopic (exact) mass is 496 g/mol. The summed E-state index contributed by atoms with van der Waals surface area (Å²) in [4.78, 5) is 18.0. The Balaban J connectivity index is 2.01. The quantitative estimate of drug-likeness (QED) is 0.564. The summed E-state index contributed by atoms with van der Waals surface area (Å²) in [5, 5.41) is 1.64. The van der Waals surface area contributed by atoms with Crippen LogP contribution in [0.3, 0.4) is 0 Å². The largest absolute Gasteiger partial charge is 0.417 e. The molecule has 1 fully saturated rings. The highest BCUT2D eigenvalue weighted by molar-refractivity contribution is 7.91. The van der Waals surface area contributed by atoms with E-state index in [2.05, 4.69) is 10.3 Å². The van der Waals surface area contributed by atoms with Gasteiger partial charge in [0.1, 0.15) is 5.03 Å². The second kappa shape index (κ2) is 8.47. The molecular weight excluding hydrogens is 479 g/mol. The first-order chi connectivity index (χ1) is 14.7. The number of anilines is 2. The summed E-state index contributed by atoms with van der Waals surface area (Å²) in [6.07, 6.45) is -3.59. The van der Waals surface area contributed by atoms with Crippen molar-refractivity contribution in [3.8, 4) is 0 Å². The van der Waals surface area contributed by atoms with Gasteiger partial charge in [-0.3, -0.25) is 4.79 Å². The van der Waals surface area contributed by atoms with Crippen LogP contribution in [0.2, 0.25) is 5.02 Å². The first kappa shape index (κ1) is 24.2. The first-order valence-electron chi connectivity index (χ1n) is 9.22. The zero-order valence-corrected chi connectivity index (χ0v) is 18.2. The molecule has 1 unspecified atom stereocenters. The fourth-order valence-electron chi connectivity index (χ4n) is 3.20. The second-order valence-electron chi connectivity index (χ2n) is 7.37. The minimum absolute atomic E-state index is 0.0979. The van der Waals surface area contributed by atoms with Crippen LogP contribution in [0.25, 0.3) is 0 Å². The van der Waals surface area contributed by atoms with Gasteiger partial charge in [0, 0.05) is 44.1 Å². The van der Waals surface area contributed by atoms with E-state index in [1.54, 1.807) is 0 Å². The summed E-state index contributed by atoms with van der Waals surface area (Å²) in [6.45, 7) is -0.495. The fourth-order valence-corrected chi connectivity index (χ4v) is 4.08. The van der Waals surface area contributed by atoms with E-state index in [9.17, 15) is 31.0 Å². The molecule has 13 heteroatoms. The summed E-state index contributed by atoms with van der Waals surface area (Å²) in [6, 6.07) is 4.08. The molecule has 1 amide bonds. The number of rotatable bonds is 4. The number of carbonyl (C=O) groups excluding carboxylic acids is 1. The van der Waals surface area contributed by atoms with Gasteiger partial charge in [-0.25, -0.2) is 22.8 Å². The van der Waals surface area contributed by atoms with E-state index >= 15 is 0 Å². The number of halogens is 6. The van der Waals surface area contributed by atoms with Gasteiger partial charge in [0.15, 0.2) is 0 Å². The van der Waals surface area contributed by atoms with E-state index in [1.807, 2.05) is 0 Å². The van der Waals surface area contributed by atoms with Crippen molar-refractivity contribution in [3.63, 3.8) is 0 Å². The first-order valence-corrected chi connectivity index (χ1v) is 11.6. The third-order valence-electron chi connectivity index (χ3n) is 4.86. The van der Waals surface area contributed by atoms with Crippen molar-refractivity contribution in [1.82, 2.24) is 4.98 Å². The standard InChI is InChI=1S/C19H18ClF5N4O2S/c1-32(26,31)16-8-11(2-5-27-16)28-17(30)12-9-14(20)13(19(23,24)25)10-15(12)29-6-3-18(21,22)4-7-29/h2,5,8-10,26H,3-4,6-7H2,1H3,(H,27,28,30). The van der Waals surface area contributed by atoms with Crippen molar-refractivity contribution in [2.45, 2.75) is 30.0 Å². The van der Waals surface area contributed by atoms with Gasteiger partial charge in [-0.15, -0.1) is 0 Å². The van der Waals surface area contributed by atoms with E-state index in [1.165, 1.54) is 23.2 Å². The SMILES string of the molecule is CS(=N)(=O)c1cc(NC(=O)c2cc(Cl)c(C(F)(F)F)cc2N2CCC(F)(F)CC2)ccn1. The van der Waals surface area contributed by atoms with Crippen LogP contribution in [-0.2, 0) is 15.9 Å². The molecule has 0 radical (unpaired) electrons. The van der Waals surface area contributed by atoms with Gasteiger partial charge in [-0.05, 0) is 24.3 Å². The predicted molar refractivity (Wildman–Crippen MR) is 110 cm³/mol. The van der Waals surface area contributed by atoms with Crippen LogP contribution in [0.15, 0.2) is 35.5 Å². The molecule has 1 aliphatic heterocycles. The highest BCUT2D eigenvalue weighted by atomic mass is 35.5. The topological polar surface area (TPSA) is 86.2 Å². The fraction of sp³-hybridized carbons (Fsp3) is 0.368. The van der Waals surface area contributed by atoms with E-state index in [4.69, 9.17) is 16.4 Å². The number of hydrogen-bond donors (Lipinski definition) is 2. The molecular formula is C19H18ClF5N4O2S. The lowest BCUT2D eigenvalue weighted by Crippen LogP contribution is -2.40. The molecule has 1 aromatic carbocycles. The minimum atomic E-state index is -4.81. The lowest BCUT2D eigenvalue weighted by molar-refractivity contribution is -0.137. The van der Waals surface area contributed by atoms with Gasteiger partial charge in [-0.2, -0.15) is 13.2 Å². The second-order valence-corrected chi connectivity index (χ2v) is 9.88. The smallest absolute Gasteiger partial charge is 0.370 e. The molecule has 0 bridgehead atoms. The normalized spacial score (nSPS) is 18.2. The average molecular weight is 497 g/mol. The maximum absolute atomic E-state index is 13.6. The molecule has 1 saturated heterocycles. The highest BCUT2D eigenvalue weighted by Gasteiger charge is 2.38. The number of nitrogens with zero attached hydrogens (tertiary/aromatic N) is 2. The third-order valence-corrected chi connectivity index (χ3v) is 6.20. The minimum Gasteiger partial charge on any atom is -0.370 e. The van der Waals surface area contributed by atoms with Crippen LogP contribution in [0.1, 0.15) is 28.8 Å². The molecule has 1 atom stereocenters. The molecule has 0 saturated carbocycles. The van der Waals surface area contributed by atoms with Crippen molar-refractivity contribution in [1.29, 1.82) is 4.78 Å². The zero-order chi connectivity index (χ0) is 23.9. The lowest BCUT2D eigenvalue weighted by atomic mass is 10.0. The van der Waals surface area contributed by atoms with Gasteiger partial charge in [0.2, 0.25) is 0 Å². The lowest BCUT2D eigenvalue weighted by Gasteiger charge is -2.34. The summed E-state index contributed by atoms with van der Waals surface area (Å²) < 4.78 is 86.7. The van der Waals surface area contributed by atoms with Crippen molar-refractivity contribution in [3.05, 3.63) is 46.6 Å². The molecule has 0 spiro atoms. The summed E-state index contributed by atoms with van der Waals surface area (Å²) in [7, 11) is -3.18. The van der Waals surface area contributed by atoms with Gasteiger partial charge < -0.3 is 10.2 Å². The Morgan fingerprint density at radius 3 is 2.44 bits per heavy atom. The molecule has 1 aliphatic rings. The predicted octanol–water partition coefficient (Wildman–Crippen LogP) is 5.28. The van der Waals surface area contributed by atoms with Crippen molar-refractivity contribution in [2.75, 3.05) is 29.6 Å². The van der Waals surface area contributed by atoms with Crippen LogP contribution in [0.4, 0.5) is 33.3 Å². The van der Waals surface area contributed by atoms with E-state index in [0.29, 0.717) is 6.07 Å². The number of alkyl halides is 5. The van der Waals surface area contributed by atoms with Crippen molar-refractivity contribution < 1.29 is 31.0 Å². The Hall–Kier alpha value is -2.47. The number of hydrogen-bond acceptors (Lipinski definition) is 5. The van der Waals surface area contributed by atoms with Crippen LogP contribution in [-0.4, -0.2) is 40.4 Å². The number of benzene rings is 1. The molecule has 6 nitrogen and oxygen atoms in total. The zero-order valence-electron chi connectivity index (χ0n) is 16.6. The van der Waals surface area contributed by atoms with Crippen LogP contribution in [0.5, 0.6) is 0 Å². The van der Waals surface area contributed by atoms with Crippen LogP contribution < -0.4 is 10.2 Å². The highest BCUT2D eigenvalue weighted by Crippen LogP contribution is 2.40. The van der Waals surface area contributed by atoms with E-state index in [-0.39, 0.29) is 35.1 Å². The molecule has 1 aromatic heterocycles. The number of carbonyl (C=O) groups is 1. The van der Waals surface area contributed by atoms with E-state index in [0.717, 1.165) is 12.3 Å². The summed E-state index contributed by atoms with van der Waals surface area (Å²) in [5.74, 6) is -3.78. The Kier molecular flexibility index (Phi) is 6.40. The van der Waals surface area contributed by atoms with Gasteiger partial charge in [0.05, 0.1) is 31.6 Å². The number of aromatic nitrogens is 1. The maximum Gasteiger partial charge on any atom is 0.417 e. The molecule has 32 heavy (non-hydrogen) atoms. The summed E-state index contributed by atoms with van der Waals surface area (Å²) in [5.41, 5.74) is -1.50. The van der Waals surface area contributed by atoms with Gasteiger partial charge in [0.25, 0.3) is 11.8 Å². The number of amides is 1. The van der Waals surface area contributed by atoms with Crippen LogP contribution >= 0.6 is 11.6 Å². The van der Waals surface area contributed by atoms with Gasteiger partial charge >= 0.3 is 6.18 Å². The molecule has 0 aliphatic carbocycles. The summed E-state index contributed by atoms with van der Waals surface area (Å²) >= 11 is 5.79. The van der Waals surface area contributed by atoms with Crippen molar-refractivity contribution in [2.24, 2.45) is 0 Å². The Morgan fingerprint density at radius 1 is 1.25 bits per heavy atom. The molecule has 174 valence electrons. The number of piperidine rings is 1. The maximum atomic E-state index is 13.6. The van der Waals surface area contributed by atoms with Gasteiger partial charge in [-0.1, -0.05) is 11.6 Å². The average Bonchev–Trinajstić information content (AvgIpc) is 2.66.